The molecule has 0 amide bonds. The molecule has 9 heteroatoms. The summed E-state index contributed by atoms with van der Waals surface area (Å²) in [5.41, 5.74) is -0.581. The fraction of sp³-hybridized carbons (Fsp3) is 0.607. The monoisotopic (exact) mass is 530 g/mol. The molecule has 204 valence electrons. The zero-order valence-corrected chi connectivity index (χ0v) is 21.0. The second-order valence-corrected chi connectivity index (χ2v) is 11.3. The van der Waals surface area contributed by atoms with Crippen molar-refractivity contribution in [3.05, 3.63) is 41.5 Å². The van der Waals surface area contributed by atoms with Crippen molar-refractivity contribution in [1.29, 1.82) is 0 Å². The lowest BCUT2D eigenvalue weighted by Crippen LogP contribution is -2.49. The van der Waals surface area contributed by atoms with Gasteiger partial charge in [0.2, 0.25) is 0 Å². The molecular weight excluding hydrogens is 498 g/mol. The molecule has 0 spiro atoms. The lowest BCUT2D eigenvalue weighted by molar-refractivity contribution is -0.185. The van der Waals surface area contributed by atoms with E-state index >= 15 is 0 Å². The van der Waals surface area contributed by atoms with Gasteiger partial charge in [0.15, 0.2) is 0 Å². The number of ether oxygens (including phenoxy) is 1. The average Bonchev–Trinajstić information content (AvgIpc) is 2.79. The van der Waals surface area contributed by atoms with E-state index in [2.05, 4.69) is 0 Å². The second-order valence-electron chi connectivity index (χ2n) is 11.3. The predicted molar refractivity (Wildman–Crippen MR) is 127 cm³/mol. The molecule has 2 aliphatic rings. The number of halogens is 6. The van der Waals surface area contributed by atoms with Crippen LogP contribution >= 0.6 is 0 Å². The van der Waals surface area contributed by atoms with E-state index in [0.29, 0.717) is 18.2 Å². The first kappa shape index (κ1) is 27.6. The molecule has 1 N–H and O–H groups in total. The number of carboxylic acids is 1. The van der Waals surface area contributed by atoms with Crippen LogP contribution in [0.15, 0.2) is 30.3 Å². The topological polar surface area (TPSA) is 46.5 Å². The Morgan fingerprint density at radius 1 is 1.05 bits per heavy atom. The van der Waals surface area contributed by atoms with Gasteiger partial charge in [0, 0.05) is 0 Å². The molecule has 0 heterocycles. The van der Waals surface area contributed by atoms with Crippen LogP contribution in [-0.2, 0) is 11.0 Å². The summed E-state index contributed by atoms with van der Waals surface area (Å²) in [6, 6.07) is 7.76. The Hall–Kier alpha value is -2.45. The first-order chi connectivity index (χ1) is 17.1. The van der Waals surface area contributed by atoms with E-state index in [1.165, 1.54) is 12.1 Å². The first-order valence-electron chi connectivity index (χ1n) is 12.7. The highest BCUT2D eigenvalue weighted by molar-refractivity contribution is 5.89. The average molecular weight is 531 g/mol. The summed E-state index contributed by atoms with van der Waals surface area (Å²) in [6.07, 6.45) is -8.76. The second kappa shape index (κ2) is 9.70. The summed E-state index contributed by atoms with van der Waals surface area (Å²) in [7, 11) is 0. The Morgan fingerprint density at radius 2 is 1.68 bits per heavy atom. The Kier molecular flexibility index (Phi) is 7.23. The van der Waals surface area contributed by atoms with Crippen molar-refractivity contribution in [3.8, 4) is 5.75 Å². The van der Waals surface area contributed by atoms with Crippen molar-refractivity contribution in [1.82, 2.24) is 0 Å². The highest BCUT2D eigenvalue weighted by Gasteiger charge is 2.52. The van der Waals surface area contributed by atoms with Gasteiger partial charge in [-0.3, -0.25) is 4.79 Å². The fourth-order valence-corrected chi connectivity index (χ4v) is 6.10. The van der Waals surface area contributed by atoms with E-state index in [0.717, 1.165) is 5.56 Å². The first-order valence-corrected chi connectivity index (χ1v) is 12.7. The molecule has 0 radical (unpaired) electrons. The quantitative estimate of drug-likeness (QED) is 0.381. The number of aliphatic carboxylic acids is 1. The van der Waals surface area contributed by atoms with E-state index < -0.39 is 41.8 Å². The van der Waals surface area contributed by atoms with Crippen molar-refractivity contribution < 1.29 is 41.0 Å². The zero-order valence-electron chi connectivity index (χ0n) is 21.0. The Balaban J connectivity index is 1.58. The SMILES string of the molecule is C[C@H](C[C@@H]1C[C@@H](C(=O)O)C1(C)C)c1ccc2ccc(OC3CCC(C(F)(F)F)CC3)c(C(F)(F)F)c2c1. The normalized spacial score (nSPS) is 26.9. The van der Waals surface area contributed by atoms with Crippen molar-refractivity contribution in [3.63, 3.8) is 0 Å². The summed E-state index contributed by atoms with van der Waals surface area (Å²) < 4.78 is 87.5. The summed E-state index contributed by atoms with van der Waals surface area (Å²) in [5.74, 6) is -3.00. The van der Waals surface area contributed by atoms with Gasteiger partial charge < -0.3 is 9.84 Å². The Morgan fingerprint density at radius 3 is 2.22 bits per heavy atom. The fourth-order valence-electron chi connectivity index (χ4n) is 6.10. The van der Waals surface area contributed by atoms with E-state index in [1.807, 2.05) is 20.8 Å². The lowest BCUT2D eigenvalue weighted by Gasteiger charge is -2.51. The summed E-state index contributed by atoms with van der Waals surface area (Å²) >= 11 is 0. The number of carbonyl (C=O) groups is 1. The molecule has 0 aromatic heterocycles. The number of fused-ring (bicyclic) bond motifs is 1. The van der Waals surface area contributed by atoms with Crippen LogP contribution in [-0.4, -0.2) is 23.4 Å². The van der Waals surface area contributed by atoms with E-state index in [-0.39, 0.29) is 54.1 Å². The van der Waals surface area contributed by atoms with E-state index in [1.54, 1.807) is 18.2 Å². The number of hydrogen-bond acceptors (Lipinski definition) is 2. The molecule has 0 aliphatic heterocycles. The third-order valence-electron chi connectivity index (χ3n) is 8.70. The van der Waals surface area contributed by atoms with Gasteiger partial charge in [0.25, 0.3) is 0 Å². The van der Waals surface area contributed by atoms with E-state index in [4.69, 9.17) is 4.74 Å². The van der Waals surface area contributed by atoms with E-state index in [9.17, 15) is 36.2 Å². The van der Waals surface area contributed by atoms with Crippen molar-refractivity contribution >= 4 is 16.7 Å². The van der Waals surface area contributed by atoms with Gasteiger partial charge in [-0.25, -0.2) is 0 Å². The number of alkyl halides is 6. The molecule has 3 atom stereocenters. The lowest BCUT2D eigenvalue weighted by atomic mass is 9.53. The van der Waals surface area contributed by atoms with Gasteiger partial charge in [-0.05, 0) is 78.2 Å². The maximum absolute atomic E-state index is 14.3. The molecule has 4 rings (SSSR count). The number of benzene rings is 2. The largest absolute Gasteiger partial charge is 0.490 e. The van der Waals surface area contributed by atoms with Crippen LogP contribution in [0.25, 0.3) is 10.8 Å². The van der Waals surface area contributed by atoms with Crippen LogP contribution in [0, 0.1) is 23.2 Å². The predicted octanol–water partition coefficient (Wildman–Crippen LogP) is 8.60. The minimum absolute atomic E-state index is 0.00499. The highest BCUT2D eigenvalue weighted by Crippen LogP contribution is 2.55. The van der Waals surface area contributed by atoms with Crippen LogP contribution in [0.4, 0.5) is 26.3 Å². The molecule has 2 fully saturated rings. The molecule has 2 aromatic rings. The number of hydrogen-bond donors (Lipinski definition) is 1. The standard InChI is InChI=1S/C28H32F6O3/c1-15(12-19-14-22(25(35)36)26(19,2)3)17-5-4-16-6-11-23(24(21(16)13-17)28(32,33)34)37-20-9-7-18(8-10-20)27(29,30)31/h4-6,11,13,15,18-20,22H,7-10,12,14H2,1-3H3,(H,35,36)/t15-,18?,19-,20?,22+/m1/s1. The summed E-state index contributed by atoms with van der Waals surface area (Å²) in [5, 5.41) is 9.78. The van der Waals surface area contributed by atoms with Gasteiger partial charge >= 0.3 is 18.3 Å². The molecular formula is C28H32F6O3. The maximum Gasteiger partial charge on any atom is 0.420 e. The summed E-state index contributed by atoms with van der Waals surface area (Å²) in [6.45, 7) is 5.76. The maximum atomic E-state index is 14.3. The molecule has 37 heavy (non-hydrogen) atoms. The van der Waals surface area contributed by atoms with Gasteiger partial charge in [-0.15, -0.1) is 0 Å². The molecule has 0 bridgehead atoms. The molecule has 2 aliphatic carbocycles. The van der Waals surface area contributed by atoms with Crippen LogP contribution in [0.3, 0.4) is 0 Å². The molecule has 3 nitrogen and oxygen atoms in total. The van der Waals surface area contributed by atoms with Crippen LogP contribution in [0.5, 0.6) is 5.75 Å². The van der Waals surface area contributed by atoms with Gasteiger partial charge in [-0.1, -0.05) is 45.0 Å². The third-order valence-corrected chi connectivity index (χ3v) is 8.70. The Bertz CT molecular complexity index is 1150. The molecule has 2 aromatic carbocycles. The number of rotatable bonds is 6. The molecule has 0 saturated heterocycles. The van der Waals surface area contributed by atoms with Crippen molar-refractivity contribution in [2.24, 2.45) is 23.2 Å². The minimum Gasteiger partial charge on any atom is -0.490 e. The van der Waals surface area contributed by atoms with Gasteiger partial charge in [-0.2, -0.15) is 26.3 Å². The van der Waals surface area contributed by atoms with Gasteiger partial charge in [0.1, 0.15) is 11.3 Å². The summed E-state index contributed by atoms with van der Waals surface area (Å²) in [4.78, 5) is 11.4. The highest BCUT2D eigenvalue weighted by atomic mass is 19.4. The molecule has 0 unspecified atom stereocenters. The Labute approximate surface area is 212 Å². The smallest absolute Gasteiger partial charge is 0.420 e. The van der Waals surface area contributed by atoms with Crippen molar-refractivity contribution in [2.75, 3.05) is 0 Å². The van der Waals surface area contributed by atoms with Crippen LogP contribution < -0.4 is 4.74 Å². The van der Waals surface area contributed by atoms with Crippen LogP contribution in [0.1, 0.15) is 76.3 Å². The zero-order chi connectivity index (χ0) is 27.3. The van der Waals surface area contributed by atoms with Crippen molar-refractivity contribution in [2.45, 2.75) is 83.7 Å². The third kappa shape index (κ3) is 5.55. The molecule has 2 saturated carbocycles. The minimum atomic E-state index is -4.72. The van der Waals surface area contributed by atoms with Crippen LogP contribution in [0.2, 0.25) is 0 Å². The van der Waals surface area contributed by atoms with Gasteiger partial charge in [0.05, 0.1) is 17.9 Å². The number of carboxylic acid groups (broad SMARTS) is 1.